The Hall–Kier alpha value is -2.02. The van der Waals surface area contributed by atoms with Gasteiger partial charge in [0.15, 0.2) is 0 Å². The van der Waals surface area contributed by atoms with E-state index in [0.717, 1.165) is 44.8 Å². The van der Waals surface area contributed by atoms with E-state index in [1.807, 2.05) is 12.1 Å². The van der Waals surface area contributed by atoms with E-state index < -0.39 is 0 Å². The molecule has 2 saturated heterocycles. The highest BCUT2D eigenvalue weighted by molar-refractivity contribution is 5.79. The summed E-state index contributed by atoms with van der Waals surface area (Å²) >= 11 is 0. The zero-order chi connectivity index (χ0) is 16.1. The Bertz CT molecular complexity index is 531. The molecule has 0 bridgehead atoms. The SMILES string of the molecule is O=C(NCCN1CCNC1=O)[C@@H]1CCCN(Cc2ccco2)C1. The molecule has 23 heavy (non-hydrogen) atoms. The Morgan fingerprint density at radius 1 is 1.43 bits per heavy atom. The molecule has 0 aromatic carbocycles. The van der Waals surface area contributed by atoms with Gasteiger partial charge < -0.3 is 20.0 Å². The molecule has 1 atom stereocenters. The van der Waals surface area contributed by atoms with E-state index in [-0.39, 0.29) is 17.9 Å². The molecule has 3 rings (SSSR count). The van der Waals surface area contributed by atoms with E-state index in [9.17, 15) is 9.59 Å². The summed E-state index contributed by atoms with van der Waals surface area (Å²) in [6.07, 6.45) is 3.62. The summed E-state index contributed by atoms with van der Waals surface area (Å²) in [6, 6.07) is 3.81. The maximum Gasteiger partial charge on any atom is 0.317 e. The molecule has 2 aliphatic rings. The van der Waals surface area contributed by atoms with Gasteiger partial charge >= 0.3 is 6.03 Å². The van der Waals surface area contributed by atoms with Crippen molar-refractivity contribution in [2.24, 2.45) is 5.92 Å². The number of piperidine rings is 1. The largest absolute Gasteiger partial charge is 0.468 e. The van der Waals surface area contributed by atoms with Crippen LogP contribution in [0, 0.1) is 5.92 Å². The van der Waals surface area contributed by atoms with Gasteiger partial charge in [0.25, 0.3) is 0 Å². The average Bonchev–Trinajstić information content (AvgIpc) is 3.20. The zero-order valence-electron chi connectivity index (χ0n) is 13.3. The predicted octanol–water partition coefficient (Wildman–Crippen LogP) is 0.633. The van der Waals surface area contributed by atoms with Crippen LogP contribution in [0.15, 0.2) is 22.8 Å². The van der Waals surface area contributed by atoms with E-state index in [2.05, 4.69) is 15.5 Å². The Labute approximate surface area is 136 Å². The van der Waals surface area contributed by atoms with Crippen molar-refractivity contribution in [3.8, 4) is 0 Å². The monoisotopic (exact) mass is 320 g/mol. The zero-order valence-corrected chi connectivity index (χ0v) is 13.3. The molecule has 2 aliphatic heterocycles. The highest BCUT2D eigenvalue weighted by atomic mass is 16.3. The summed E-state index contributed by atoms with van der Waals surface area (Å²) in [5.74, 6) is 1.05. The molecular weight excluding hydrogens is 296 g/mol. The van der Waals surface area contributed by atoms with Crippen LogP contribution in [-0.2, 0) is 11.3 Å². The van der Waals surface area contributed by atoms with Crippen molar-refractivity contribution in [3.05, 3.63) is 24.2 Å². The van der Waals surface area contributed by atoms with Crippen molar-refractivity contribution in [3.63, 3.8) is 0 Å². The molecule has 3 heterocycles. The minimum absolute atomic E-state index is 0.0196. The van der Waals surface area contributed by atoms with Crippen molar-refractivity contribution < 1.29 is 14.0 Å². The lowest BCUT2D eigenvalue weighted by atomic mass is 9.97. The summed E-state index contributed by atoms with van der Waals surface area (Å²) in [6.45, 7) is 5.01. The quantitative estimate of drug-likeness (QED) is 0.806. The van der Waals surface area contributed by atoms with E-state index in [1.165, 1.54) is 0 Å². The predicted molar refractivity (Wildman–Crippen MR) is 84.7 cm³/mol. The first kappa shape index (κ1) is 15.9. The molecule has 7 nitrogen and oxygen atoms in total. The lowest BCUT2D eigenvalue weighted by Gasteiger charge is -2.31. The third-order valence-corrected chi connectivity index (χ3v) is 4.46. The highest BCUT2D eigenvalue weighted by Crippen LogP contribution is 2.19. The number of hydrogen-bond donors (Lipinski definition) is 2. The van der Waals surface area contributed by atoms with Crippen LogP contribution < -0.4 is 10.6 Å². The fourth-order valence-corrected chi connectivity index (χ4v) is 3.22. The molecule has 0 spiro atoms. The number of nitrogens with one attached hydrogen (secondary N) is 2. The summed E-state index contributed by atoms with van der Waals surface area (Å²) in [4.78, 5) is 27.7. The Morgan fingerprint density at radius 3 is 3.09 bits per heavy atom. The van der Waals surface area contributed by atoms with Gasteiger partial charge in [-0.2, -0.15) is 0 Å². The summed E-state index contributed by atoms with van der Waals surface area (Å²) in [5, 5.41) is 5.73. The van der Waals surface area contributed by atoms with E-state index in [4.69, 9.17) is 4.42 Å². The molecule has 3 amide bonds. The van der Waals surface area contributed by atoms with Gasteiger partial charge in [0.2, 0.25) is 5.91 Å². The second kappa shape index (κ2) is 7.50. The molecular formula is C16H24N4O3. The maximum atomic E-state index is 12.3. The first-order chi connectivity index (χ1) is 11.2. The maximum absolute atomic E-state index is 12.3. The number of amides is 3. The summed E-state index contributed by atoms with van der Waals surface area (Å²) < 4.78 is 5.38. The number of nitrogens with zero attached hydrogens (tertiary/aromatic N) is 2. The van der Waals surface area contributed by atoms with Crippen molar-refractivity contribution in [2.45, 2.75) is 19.4 Å². The van der Waals surface area contributed by atoms with Crippen LogP contribution >= 0.6 is 0 Å². The normalized spacial score (nSPS) is 22.2. The number of furan rings is 1. The van der Waals surface area contributed by atoms with Crippen LogP contribution in [0.3, 0.4) is 0 Å². The van der Waals surface area contributed by atoms with Gasteiger partial charge in [-0.05, 0) is 31.5 Å². The lowest BCUT2D eigenvalue weighted by Crippen LogP contribution is -2.44. The third-order valence-electron chi connectivity index (χ3n) is 4.46. The van der Waals surface area contributed by atoms with Crippen LogP contribution in [0.4, 0.5) is 4.79 Å². The molecule has 1 aromatic rings. The summed E-state index contributed by atoms with van der Waals surface area (Å²) in [7, 11) is 0. The van der Waals surface area contributed by atoms with Crippen LogP contribution in [-0.4, -0.2) is 61.0 Å². The third kappa shape index (κ3) is 4.25. The number of hydrogen-bond acceptors (Lipinski definition) is 4. The number of carbonyl (C=O) groups is 2. The number of urea groups is 1. The second-order valence-corrected chi connectivity index (χ2v) is 6.16. The number of likely N-dealkylation sites (tertiary alicyclic amines) is 1. The van der Waals surface area contributed by atoms with Crippen molar-refractivity contribution in [1.29, 1.82) is 0 Å². The Morgan fingerprint density at radius 2 is 2.35 bits per heavy atom. The van der Waals surface area contributed by atoms with Crippen molar-refractivity contribution >= 4 is 11.9 Å². The van der Waals surface area contributed by atoms with Crippen LogP contribution in [0.5, 0.6) is 0 Å². The molecule has 126 valence electrons. The first-order valence-corrected chi connectivity index (χ1v) is 8.27. The van der Waals surface area contributed by atoms with Gasteiger partial charge in [0, 0.05) is 32.7 Å². The minimum atomic E-state index is -0.0402. The average molecular weight is 320 g/mol. The van der Waals surface area contributed by atoms with Crippen molar-refractivity contribution in [2.75, 3.05) is 39.3 Å². The van der Waals surface area contributed by atoms with Gasteiger partial charge in [-0.25, -0.2) is 4.79 Å². The molecule has 0 aliphatic carbocycles. The van der Waals surface area contributed by atoms with Gasteiger partial charge in [-0.15, -0.1) is 0 Å². The minimum Gasteiger partial charge on any atom is -0.468 e. The highest BCUT2D eigenvalue weighted by Gasteiger charge is 2.26. The van der Waals surface area contributed by atoms with E-state index in [1.54, 1.807) is 11.2 Å². The van der Waals surface area contributed by atoms with Crippen LogP contribution in [0.25, 0.3) is 0 Å². The molecule has 0 saturated carbocycles. The molecule has 2 fully saturated rings. The molecule has 7 heteroatoms. The molecule has 0 radical (unpaired) electrons. The Balaban J connectivity index is 1.40. The topological polar surface area (TPSA) is 77.8 Å². The number of carbonyl (C=O) groups excluding carboxylic acids is 2. The molecule has 0 unspecified atom stereocenters. The smallest absolute Gasteiger partial charge is 0.317 e. The molecule has 1 aromatic heterocycles. The Kier molecular flexibility index (Phi) is 5.17. The van der Waals surface area contributed by atoms with Gasteiger partial charge in [-0.1, -0.05) is 0 Å². The van der Waals surface area contributed by atoms with Gasteiger partial charge in [-0.3, -0.25) is 9.69 Å². The van der Waals surface area contributed by atoms with Crippen LogP contribution in [0.2, 0.25) is 0 Å². The first-order valence-electron chi connectivity index (χ1n) is 8.27. The summed E-state index contributed by atoms with van der Waals surface area (Å²) in [5.41, 5.74) is 0. The number of rotatable bonds is 6. The van der Waals surface area contributed by atoms with Gasteiger partial charge in [0.05, 0.1) is 18.7 Å². The van der Waals surface area contributed by atoms with E-state index in [0.29, 0.717) is 19.6 Å². The van der Waals surface area contributed by atoms with Gasteiger partial charge in [0.1, 0.15) is 5.76 Å². The molecule has 2 N–H and O–H groups in total. The fraction of sp³-hybridized carbons (Fsp3) is 0.625. The standard InChI is InChI=1S/C16H24N4O3/c21-15(17-5-8-20-9-6-18-16(20)22)13-3-1-7-19(11-13)12-14-4-2-10-23-14/h2,4,10,13H,1,3,5-9,11-12H2,(H,17,21)(H,18,22)/t13-/m1/s1. The van der Waals surface area contributed by atoms with Crippen molar-refractivity contribution in [1.82, 2.24) is 20.4 Å². The fourth-order valence-electron chi connectivity index (χ4n) is 3.22. The van der Waals surface area contributed by atoms with Crippen LogP contribution in [0.1, 0.15) is 18.6 Å². The lowest BCUT2D eigenvalue weighted by molar-refractivity contribution is -0.126. The second-order valence-electron chi connectivity index (χ2n) is 6.16. The van der Waals surface area contributed by atoms with E-state index >= 15 is 0 Å².